The van der Waals surface area contributed by atoms with Crippen molar-refractivity contribution in [1.82, 2.24) is 15.1 Å². The fraction of sp³-hybridized carbons (Fsp3) is 0.800. The van der Waals surface area contributed by atoms with Gasteiger partial charge in [-0.25, -0.2) is 4.79 Å². The predicted molar refractivity (Wildman–Crippen MR) is 132 cm³/mol. The zero-order chi connectivity index (χ0) is 25.3. The highest BCUT2D eigenvalue weighted by molar-refractivity contribution is 5.88. The van der Waals surface area contributed by atoms with Crippen LogP contribution in [0.5, 0.6) is 0 Å². The number of amides is 2. The summed E-state index contributed by atoms with van der Waals surface area (Å²) < 4.78 is 4.92. The van der Waals surface area contributed by atoms with E-state index in [2.05, 4.69) is 45.0 Å². The first-order chi connectivity index (χ1) is 14.9. The fourth-order valence-corrected chi connectivity index (χ4v) is 3.16. The first-order valence-electron chi connectivity index (χ1n) is 11.8. The Kier molecular flexibility index (Phi) is 18.8. The van der Waals surface area contributed by atoms with Crippen molar-refractivity contribution in [2.75, 3.05) is 40.3 Å². The molecule has 1 N–H and O–H groups in total. The van der Waals surface area contributed by atoms with Crippen LogP contribution in [-0.2, 0) is 19.1 Å². The minimum absolute atomic E-state index is 0.0600. The molecule has 2 atom stereocenters. The van der Waals surface area contributed by atoms with Crippen molar-refractivity contribution in [3.63, 3.8) is 0 Å². The quantitative estimate of drug-likeness (QED) is 0.343. The summed E-state index contributed by atoms with van der Waals surface area (Å²) in [4.78, 5) is 37.6. The Hall–Kier alpha value is -1.89. The lowest BCUT2D eigenvalue weighted by molar-refractivity contribution is -0.138. The van der Waals surface area contributed by atoms with E-state index in [-0.39, 0.29) is 30.4 Å². The Balaban J connectivity index is 0. The first kappa shape index (κ1) is 32.3. The molecule has 0 aromatic heterocycles. The zero-order valence-electron chi connectivity index (χ0n) is 22.2. The Morgan fingerprint density at radius 1 is 1.22 bits per heavy atom. The lowest BCUT2D eigenvalue weighted by Gasteiger charge is -2.29. The third kappa shape index (κ3) is 16.8. The highest BCUT2D eigenvalue weighted by Crippen LogP contribution is 2.14. The minimum Gasteiger partial charge on any atom is -0.463 e. The summed E-state index contributed by atoms with van der Waals surface area (Å²) in [6.07, 6.45) is 5.04. The number of hydrogen-bond donors (Lipinski definition) is 1. The van der Waals surface area contributed by atoms with Crippen LogP contribution in [0.4, 0.5) is 0 Å². The zero-order valence-corrected chi connectivity index (χ0v) is 22.2. The molecule has 0 radical (unpaired) electrons. The number of likely N-dealkylation sites (N-methyl/N-ethyl adjacent to an activating group) is 1. The third-order valence-corrected chi connectivity index (χ3v) is 4.74. The van der Waals surface area contributed by atoms with Gasteiger partial charge in [0.05, 0.1) is 19.2 Å². The standard InChI is InChI=1S/C14H24N2O4.C7H15N.C4H10/c1-6-20-14(19)11(4)7-12(10(2)3)16(5)13(18)8-15-9-17;1-7-4-3-5-8(2)6-7;1-4(2)3/h7,9-10,12H,6,8H2,1-5H3,(H,15,17);7H,3-6H2,1-2H3;4H,1-3H3/b11-7+;;/t12-;7-;/m10./s1. The lowest BCUT2D eigenvalue weighted by Crippen LogP contribution is -2.43. The van der Waals surface area contributed by atoms with Gasteiger partial charge in [0, 0.05) is 19.2 Å². The van der Waals surface area contributed by atoms with Gasteiger partial charge >= 0.3 is 5.97 Å². The molecule has 0 aliphatic carbocycles. The van der Waals surface area contributed by atoms with Crippen molar-refractivity contribution < 1.29 is 19.1 Å². The van der Waals surface area contributed by atoms with E-state index in [4.69, 9.17) is 4.74 Å². The SMILES string of the molecule is CC(C)C.CCOC(=O)/C(C)=C/[C@H](C(C)C)N(C)C(=O)CNC=O.C[C@H]1CCCN(C)C1. The predicted octanol–water partition coefficient (Wildman–Crippen LogP) is 3.74. The molecule has 0 aromatic rings. The topological polar surface area (TPSA) is 79.0 Å². The number of piperidine rings is 1. The normalized spacial score (nSPS) is 17.4. The fourth-order valence-electron chi connectivity index (χ4n) is 3.16. The molecular weight excluding hydrogens is 406 g/mol. The molecule has 0 spiro atoms. The smallest absolute Gasteiger partial charge is 0.333 e. The summed E-state index contributed by atoms with van der Waals surface area (Å²) in [5.41, 5.74) is 0.466. The Bertz CT molecular complexity index is 551. The van der Waals surface area contributed by atoms with E-state index in [9.17, 15) is 14.4 Å². The van der Waals surface area contributed by atoms with Gasteiger partial charge in [0.2, 0.25) is 12.3 Å². The van der Waals surface area contributed by atoms with Crippen molar-refractivity contribution in [2.24, 2.45) is 17.8 Å². The summed E-state index contributed by atoms with van der Waals surface area (Å²) in [6, 6.07) is -0.236. The second kappa shape index (κ2) is 18.7. The highest BCUT2D eigenvalue weighted by Gasteiger charge is 2.22. The largest absolute Gasteiger partial charge is 0.463 e. The first-order valence-corrected chi connectivity index (χ1v) is 11.8. The van der Waals surface area contributed by atoms with E-state index in [1.807, 2.05) is 13.8 Å². The van der Waals surface area contributed by atoms with Crippen LogP contribution in [0, 0.1) is 17.8 Å². The van der Waals surface area contributed by atoms with E-state index in [0.717, 1.165) is 11.8 Å². The van der Waals surface area contributed by atoms with Crippen LogP contribution >= 0.6 is 0 Å². The second-order valence-electron chi connectivity index (χ2n) is 9.55. The van der Waals surface area contributed by atoms with Crippen molar-refractivity contribution in [3.8, 4) is 0 Å². The number of hydrogen-bond acceptors (Lipinski definition) is 5. The van der Waals surface area contributed by atoms with E-state index in [1.165, 1.54) is 30.8 Å². The Morgan fingerprint density at radius 2 is 1.78 bits per heavy atom. The van der Waals surface area contributed by atoms with Crippen LogP contribution in [0.3, 0.4) is 0 Å². The van der Waals surface area contributed by atoms with Gasteiger partial charge < -0.3 is 19.9 Å². The second-order valence-corrected chi connectivity index (χ2v) is 9.55. The van der Waals surface area contributed by atoms with Crippen LogP contribution < -0.4 is 5.32 Å². The average Bonchev–Trinajstić information content (AvgIpc) is 2.69. The van der Waals surface area contributed by atoms with Crippen LogP contribution in [0.25, 0.3) is 0 Å². The van der Waals surface area contributed by atoms with Gasteiger partial charge in [0.1, 0.15) is 0 Å². The number of esters is 1. The molecular formula is C25H49N3O4. The number of carbonyl (C=O) groups is 3. The highest BCUT2D eigenvalue weighted by atomic mass is 16.5. The number of ether oxygens (including phenoxy) is 1. The van der Waals surface area contributed by atoms with Crippen LogP contribution in [0.1, 0.15) is 68.2 Å². The number of carbonyl (C=O) groups excluding carboxylic acids is 3. The molecule has 7 heteroatoms. The molecule has 1 aliphatic rings. The van der Waals surface area contributed by atoms with Crippen molar-refractivity contribution in [2.45, 2.75) is 74.3 Å². The van der Waals surface area contributed by atoms with Gasteiger partial charge in [-0.3, -0.25) is 9.59 Å². The molecule has 1 aliphatic heterocycles. The van der Waals surface area contributed by atoms with Gasteiger partial charge in [-0.2, -0.15) is 0 Å². The molecule has 0 unspecified atom stereocenters. The lowest BCUT2D eigenvalue weighted by atomic mass is 10.00. The molecule has 0 saturated carbocycles. The maximum absolute atomic E-state index is 11.9. The van der Waals surface area contributed by atoms with Gasteiger partial charge in [-0.15, -0.1) is 0 Å². The van der Waals surface area contributed by atoms with Crippen LogP contribution in [-0.4, -0.2) is 74.5 Å². The molecule has 1 rings (SSSR count). The molecule has 0 bridgehead atoms. The molecule has 1 fully saturated rings. The summed E-state index contributed by atoms with van der Waals surface area (Å²) in [5, 5.41) is 2.34. The van der Waals surface area contributed by atoms with Gasteiger partial charge in [-0.1, -0.05) is 47.6 Å². The number of likely N-dealkylation sites (tertiary alicyclic amines) is 1. The Labute approximate surface area is 196 Å². The van der Waals surface area contributed by atoms with E-state index in [0.29, 0.717) is 18.6 Å². The van der Waals surface area contributed by atoms with E-state index < -0.39 is 0 Å². The van der Waals surface area contributed by atoms with Crippen molar-refractivity contribution in [3.05, 3.63) is 11.6 Å². The molecule has 0 aromatic carbocycles. The van der Waals surface area contributed by atoms with E-state index in [1.54, 1.807) is 27.0 Å². The summed E-state index contributed by atoms with van der Waals surface area (Å²) in [6.45, 7) is 19.0. The number of nitrogens with one attached hydrogen (secondary N) is 1. The van der Waals surface area contributed by atoms with Gasteiger partial charge in [-0.05, 0) is 58.0 Å². The minimum atomic E-state index is -0.384. The maximum atomic E-state index is 11.9. The molecule has 188 valence electrons. The maximum Gasteiger partial charge on any atom is 0.333 e. The Morgan fingerprint density at radius 3 is 2.16 bits per heavy atom. The van der Waals surface area contributed by atoms with Crippen molar-refractivity contribution >= 4 is 18.3 Å². The monoisotopic (exact) mass is 455 g/mol. The average molecular weight is 456 g/mol. The third-order valence-electron chi connectivity index (χ3n) is 4.74. The van der Waals surface area contributed by atoms with Crippen molar-refractivity contribution in [1.29, 1.82) is 0 Å². The summed E-state index contributed by atoms with van der Waals surface area (Å²) in [5.74, 6) is 1.30. The van der Waals surface area contributed by atoms with E-state index >= 15 is 0 Å². The van der Waals surface area contributed by atoms with Gasteiger partial charge in [0.15, 0.2) is 0 Å². The molecule has 1 saturated heterocycles. The van der Waals surface area contributed by atoms with Gasteiger partial charge in [0.25, 0.3) is 0 Å². The summed E-state index contributed by atoms with van der Waals surface area (Å²) >= 11 is 0. The molecule has 1 heterocycles. The molecule has 2 amide bonds. The number of rotatable bonds is 8. The van der Waals surface area contributed by atoms with Crippen LogP contribution in [0.15, 0.2) is 11.6 Å². The molecule has 32 heavy (non-hydrogen) atoms. The molecule has 7 nitrogen and oxygen atoms in total. The number of nitrogens with zero attached hydrogens (tertiary/aromatic N) is 2. The van der Waals surface area contributed by atoms with Crippen LogP contribution in [0.2, 0.25) is 0 Å². The summed E-state index contributed by atoms with van der Waals surface area (Å²) in [7, 11) is 3.85.